The molecule has 0 unspecified atom stereocenters. The molecule has 2 aromatic carbocycles. The third-order valence-corrected chi connectivity index (χ3v) is 3.02. The van der Waals surface area contributed by atoms with E-state index in [1.54, 1.807) is 31.2 Å². The van der Waals surface area contributed by atoms with Crippen molar-refractivity contribution in [2.75, 3.05) is 11.9 Å². The minimum Gasteiger partial charge on any atom is -0.492 e. The molecule has 0 aliphatic rings. The summed E-state index contributed by atoms with van der Waals surface area (Å²) in [4.78, 5) is 32.5. The molecule has 0 bridgehead atoms. The normalized spacial score (nSPS) is 10.0. The largest absolute Gasteiger partial charge is 0.492 e. The molecular weight excluding hydrogens is 318 g/mol. The molecule has 0 aliphatic heterocycles. The Balaban J connectivity index is 2.36. The molecule has 0 atom stereocenters. The highest BCUT2D eigenvalue weighted by Gasteiger charge is 2.20. The highest BCUT2D eigenvalue weighted by atomic mass is 16.6. The van der Waals surface area contributed by atoms with Crippen LogP contribution in [-0.2, 0) is 0 Å². The lowest BCUT2D eigenvalue weighted by Crippen LogP contribution is -2.13. The minimum absolute atomic E-state index is 0.192. The van der Waals surface area contributed by atoms with E-state index in [0.29, 0.717) is 18.0 Å². The van der Waals surface area contributed by atoms with E-state index >= 15 is 0 Å². The van der Waals surface area contributed by atoms with Crippen LogP contribution in [0.15, 0.2) is 42.5 Å². The second kappa shape index (κ2) is 7.18. The number of benzene rings is 2. The Morgan fingerprint density at radius 3 is 2.21 bits per heavy atom. The molecule has 0 fully saturated rings. The molecule has 9 heteroatoms. The molecule has 1 N–H and O–H groups in total. The Hall–Kier alpha value is -3.49. The van der Waals surface area contributed by atoms with E-state index in [0.717, 1.165) is 18.2 Å². The molecule has 2 aromatic rings. The summed E-state index contributed by atoms with van der Waals surface area (Å²) in [6.07, 6.45) is 0. The van der Waals surface area contributed by atoms with Crippen LogP contribution in [0.2, 0.25) is 0 Å². The Morgan fingerprint density at radius 2 is 1.67 bits per heavy atom. The first-order chi connectivity index (χ1) is 11.4. The zero-order valence-electron chi connectivity index (χ0n) is 12.6. The maximum Gasteiger partial charge on any atom is 0.277 e. The second-order valence-electron chi connectivity index (χ2n) is 4.64. The Bertz CT molecular complexity index is 773. The smallest absolute Gasteiger partial charge is 0.277 e. The quantitative estimate of drug-likeness (QED) is 0.640. The second-order valence-corrected chi connectivity index (χ2v) is 4.64. The zero-order valence-corrected chi connectivity index (χ0v) is 12.6. The fraction of sp³-hybridized carbons (Fsp3) is 0.133. The highest BCUT2D eigenvalue weighted by Crippen LogP contribution is 2.26. The van der Waals surface area contributed by atoms with Gasteiger partial charge in [0.25, 0.3) is 17.3 Å². The van der Waals surface area contributed by atoms with Crippen LogP contribution in [0, 0.1) is 20.2 Å². The van der Waals surface area contributed by atoms with Gasteiger partial charge in [0.2, 0.25) is 0 Å². The van der Waals surface area contributed by atoms with Crippen LogP contribution in [0.5, 0.6) is 5.75 Å². The van der Waals surface area contributed by atoms with Crippen molar-refractivity contribution in [2.45, 2.75) is 6.92 Å². The van der Waals surface area contributed by atoms with Crippen LogP contribution in [0.1, 0.15) is 17.3 Å². The number of anilines is 1. The molecule has 2 rings (SSSR count). The molecule has 1 amide bonds. The van der Waals surface area contributed by atoms with Crippen LogP contribution in [0.3, 0.4) is 0 Å². The van der Waals surface area contributed by atoms with Crippen LogP contribution < -0.4 is 10.1 Å². The fourth-order valence-corrected chi connectivity index (χ4v) is 1.98. The first kappa shape index (κ1) is 16.9. The fourth-order valence-electron chi connectivity index (χ4n) is 1.98. The predicted octanol–water partition coefficient (Wildman–Crippen LogP) is 3.15. The topological polar surface area (TPSA) is 125 Å². The number of non-ortho nitro benzene ring substituents is 2. The van der Waals surface area contributed by atoms with Gasteiger partial charge in [0.05, 0.1) is 33.8 Å². The number of carbonyl (C=O) groups is 1. The van der Waals surface area contributed by atoms with Gasteiger partial charge >= 0.3 is 0 Å². The van der Waals surface area contributed by atoms with Gasteiger partial charge < -0.3 is 10.1 Å². The maximum atomic E-state index is 12.3. The molecule has 0 saturated carbocycles. The van der Waals surface area contributed by atoms with Crippen LogP contribution in [0.4, 0.5) is 17.1 Å². The molecule has 0 aliphatic carbocycles. The van der Waals surface area contributed by atoms with Crippen LogP contribution in [0.25, 0.3) is 0 Å². The van der Waals surface area contributed by atoms with Gasteiger partial charge in [-0.25, -0.2) is 0 Å². The SMILES string of the molecule is CCOc1ccccc1NC(=O)c1cc([N+](=O)[O-])cc([N+](=O)[O-])c1. The third-order valence-electron chi connectivity index (χ3n) is 3.02. The van der Waals surface area contributed by atoms with Crippen molar-refractivity contribution >= 4 is 23.0 Å². The van der Waals surface area contributed by atoms with E-state index in [2.05, 4.69) is 5.32 Å². The summed E-state index contributed by atoms with van der Waals surface area (Å²) in [6.45, 7) is 2.16. The Labute approximate surface area is 136 Å². The van der Waals surface area contributed by atoms with Crippen LogP contribution >= 0.6 is 0 Å². The third kappa shape index (κ3) is 3.83. The number of para-hydroxylation sites is 2. The minimum atomic E-state index is -0.794. The van der Waals surface area contributed by atoms with Crippen molar-refractivity contribution in [3.63, 3.8) is 0 Å². The lowest BCUT2D eigenvalue weighted by Gasteiger charge is -2.11. The molecule has 0 radical (unpaired) electrons. The standard InChI is InChI=1S/C15H13N3O6/c1-2-24-14-6-4-3-5-13(14)16-15(19)10-7-11(17(20)21)9-12(8-10)18(22)23/h3-9H,2H2,1H3,(H,16,19). The van der Waals surface area contributed by atoms with Gasteiger partial charge in [-0.1, -0.05) is 12.1 Å². The van der Waals surface area contributed by atoms with Gasteiger partial charge in [0.15, 0.2) is 0 Å². The molecule has 24 heavy (non-hydrogen) atoms. The number of nitrogens with zero attached hydrogens (tertiary/aromatic N) is 2. The summed E-state index contributed by atoms with van der Waals surface area (Å²) in [7, 11) is 0. The van der Waals surface area contributed by atoms with E-state index < -0.39 is 27.1 Å². The first-order valence-electron chi connectivity index (χ1n) is 6.89. The van der Waals surface area contributed by atoms with E-state index in [4.69, 9.17) is 4.74 Å². The number of ether oxygens (including phenoxy) is 1. The number of carbonyl (C=O) groups excluding carboxylic acids is 1. The summed E-state index contributed by atoms with van der Waals surface area (Å²) in [5.41, 5.74) is -0.902. The monoisotopic (exact) mass is 331 g/mol. The lowest BCUT2D eigenvalue weighted by atomic mass is 10.1. The predicted molar refractivity (Wildman–Crippen MR) is 85.3 cm³/mol. The zero-order chi connectivity index (χ0) is 17.7. The molecule has 9 nitrogen and oxygen atoms in total. The van der Waals surface area contributed by atoms with E-state index in [-0.39, 0.29) is 5.56 Å². The number of nitrogens with one attached hydrogen (secondary N) is 1. The number of amides is 1. The molecule has 0 saturated heterocycles. The van der Waals surface area contributed by atoms with Gasteiger partial charge in [-0.05, 0) is 19.1 Å². The average molecular weight is 331 g/mol. The van der Waals surface area contributed by atoms with Crippen molar-refractivity contribution < 1.29 is 19.4 Å². The van der Waals surface area contributed by atoms with Crippen molar-refractivity contribution in [2.24, 2.45) is 0 Å². The van der Waals surface area contributed by atoms with E-state index in [9.17, 15) is 25.0 Å². The summed E-state index contributed by atoms with van der Waals surface area (Å²) >= 11 is 0. The first-order valence-corrected chi connectivity index (χ1v) is 6.89. The molecule has 0 spiro atoms. The average Bonchev–Trinajstić information content (AvgIpc) is 2.56. The van der Waals surface area contributed by atoms with E-state index in [1.165, 1.54) is 0 Å². The molecule has 0 heterocycles. The highest BCUT2D eigenvalue weighted by molar-refractivity contribution is 6.05. The number of rotatable bonds is 6. The van der Waals surface area contributed by atoms with Gasteiger partial charge in [0.1, 0.15) is 5.75 Å². The molecule has 124 valence electrons. The maximum absolute atomic E-state index is 12.3. The summed E-state index contributed by atoms with van der Waals surface area (Å²) in [6, 6.07) is 9.39. The summed E-state index contributed by atoms with van der Waals surface area (Å²) < 4.78 is 5.37. The van der Waals surface area contributed by atoms with Crippen molar-refractivity contribution in [1.82, 2.24) is 0 Å². The summed E-state index contributed by atoms with van der Waals surface area (Å²) in [5.74, 6) is -0.290. The van der Waals surface area contributed by atoms with Gasteiger partial charge in [-0.2, -0.15) is 0 Å². The summed E-state index contributed by atoms with van der Waals surface area (Å²) in [5, 5.41) is 24.3. The Morgan fingerprint density at radius 1 is 1.08 bits per heavy atom. The molecular formula is C15H13N3O6. The van der Waals surface area contributed by atoms with Gasteiger partial charge in [-0.15, -0.1) is 0 Å². The number of nitro groups is 2. The lowest BCUT2D eigenvalue weighted by molar-refractivity contribution is -0.394. The van der Waals surface area contributed by atoms with Crippen molar-refractivity contribution in [3.8, 4) is 5.75 Å². The van der Waals surface area contributed by atoms with Gasteiger partial charge in [-0.3, -0.25) is 25.0 Å². The van der Waals surface area contributed by atoms with E-state index in [1.807, 2.05) is 0 Å². The van der Waals surface area contributed by atoms with Crippen molar-refractivity contribution in [1.29, 1.82) is 0 Å². The number of nitro benzene ring substituents is 2. The van der Waals surface area contributed by atoms with Gasteiger partial charge in [0, 0.05) is 12.1 Å². The molecule has 0 aromatic heterocycles. The number of hydrogen-bond acceptors (Lipinski definition) is 6. The van der Waals surface area contributed by atoms with Crippen molar-refractivity contribution in [3.05, 3.63) is 68.3 Å². The van der Waals surface area contributed by atoms with Crippen LogP contribution in [-0.4, -0.2) is 22.4 Å². The number of hydrogen-bond donors (Lipinski definition) is 1. The Kier molecular flexibility index (Phi) is 5.05.